The summed E-state index contributed by atoms with van der Waals surface area (Å²) in [6.45, 7) is 0. The van der Waals surface area contributed by atoms with Crippen LogP contribution in [0.4, 0.5) is 11.4 Å². The van der Waals surface area contributed by atoms with Gasteiger partial charge in [0.15, 0.2) is 0 Å². The third-order valence-corrected chi connectivity index (χ3v) is 4.40. The number of carbonyl (C=O) groups excluding carboxylic acids is 2. The predicted molar refractivity (Wildman–Crippen MR) is 97.5 cm³/mol. The molecule has 2 rings (SSSR count). The van der Waals surface area contributed by atoms with Crippen molar-refractivity contribution in [3.05, 3.63) is 58.6 Å². The van der Waals surface area contributed by atoms with E-state index in [0.717, 1.165) is 5.69 Å². The number of hydrogen-bond acceptors (Lipinski definition) is 3. The van der Waals surface area contributed by atoms with Gasteiger partial charge in [-0.15, -0.1) is 11.8 Å². The number of anilines is 2. The minimum atomic E-state index is -0.207. The molecule has 7 heteroatoms. The van der Waals surface area contributed by atoms with E-state index in [2.05, 4.69) is 10.6 Å². The average Bonchev–Trinajstić information content (AvgIpc) is 2.52. The fourth-order valence-electron chi connectivity index (χ4n) is 1.73. The van der Waals surface area contributed by atoms with Gasteiger partial charge in [0, 0.05) is 11.4 Å². The molecular formula is C16H14Cl2N2O2S. The summed E-state index contributed by atoms with van der Waals surface area (Å²) in [7, 11) is 0. The summed E-state index contributed by atoms with van der Waals surface area (Å²) < 4.78 is 0. The molecule has 0 radical (unpaired) electrons. The van der Waals surface area contributed by atoms with E-state index < -0.39 is 0 Å². The summed E-state index contributed by atoms with van der Waals surface area (Å²) in [5, 5.41) is 6.26. The van der Waals surface area contributed by atoms with Gasteiger partial charge in [-0.25, -0.2) is 0 Å². The molecule has 0 saturated heterocycles. The molecule has 2 aromatic rings. The van der Waals surface area contributed by atoms with Crippen molar-refractivity contribution in [3.8, 4) is 0 Å². The van der Waals surface area contributed by atoms with Crippen LogP contribution in [0.15, 0.2) is 48.5 Å². The molecule has 23 heavy (non-hydrogen) atoms. The van der Waals surface area contributed by atoms with E-state index in [1.165, 1.54) is 11.8 Å². The lowest BCUT2D eigenvalue weighted by Gasteiger charge is -2.07. The highest BCUT2D eigenvalue weighted by molar-refractivity contribution is 8.00. The Bertz CT molecular complexity index is 696. The number of halogens is 2. The Labute approximate surface area is 148 Å². The van der Waals surface area contributed by atoms with Gasteiger partial charge in [0.05, 0.1) is 21.6 Å². The minimum absolute atomic E-state index is 0.150. The Hall–Kier alpha value is -1.69. The van der Waals surface area contributed by atoms with Crippen LogP contribution in [0.3, 0.4) is 0 Å². The fraction of sp³-hybridized carbons (Fsp3) is 0.125. The molecule has 120 valence electrons. The number of amides is 2. The molecule has 0 unspecified atom stereocenters. The van der Waals surface area contributed by atoms with Crippen LogP contribution in [0.2, 0.25) is 10.0 Å². The number of nitrogens with one attached hydrogen (secondary N) is 2. The Kier molecular flexibility index (Phi) is 6.77. The molecule has 0 saturated carbocycles. The zero-order valence-corrected chi connectivity index (χ0v) is 14.3. The van der Waals surface area contributed by atoms with Crippen LogP contribution in [0.1, 0.15) is 0 Å². The van der Waals surface area contributed by atoms with E-state index in [0.29, 0.717) is 15.7 Å². The van der Waals surface area contributed by atoms with Crippen molar-refractivity contribution in [2.45, 2.75) is 0 Å². The van der Waals surface area contributed by atoms with Gasteiger partial charge in [0.1, 0.15) is 0 Å². The number of hydrogen-bond donors (Lipinski definition) is 2. The highest BCUT2D eigenvalue weighted by atomic mass is 35.5. The summed E-state index contributed by atoms with van der Waals surface area (Å²) >= 11 is 12.9. The van der Waals surface area contributed by atoms with Crippen LogP contribution >= 0.6 is 35.0 Å². The van der Waals surface area contributed by atoms with E-state index in [1.807, 2.05) is 18.2 Å². The molecule has 0 aromatic heterocycles. The molecule has 0 spiro atoms. The predicted octanol–water partition coefficient (Wildman–Crippen LogP) is 4.30. The Balaban J connectivity index is 1.72. The number of thioether (sulfide) groups is 1. The molecular weight excluding hydrogens is 355 g/mol. The van der Waals surface area contributed by atoms with E-state index in [4.69, 9.17) is 23.2 Å². The first-order valence-corrected chi connectivity index (χ1v) is 8.63. The summed E-state index contributed by atoms with van der Waals surface area (Å²) in [4.78, 5) is 23.5. The third kappa shape index (κ3) is 6.14. The van der Waals surface area contributed by atoms with Gasteiger partial charge in [0.25, 0.3) is 0 Å². The molecule has 0 heterocycles. The standard InChI is InChI=1S/C16H14Cl2N2O2S/c17-13-7-6-12(8-14(13)18)20-16(22)10-23-9-15(21)19-11-4-2-1-3-5-11/h1-8H,9-10H2,(H,19,21)(H,20,22). The van der Waals surface area contributed by atoms with Crippen molar-refractivity contribution in [1.29, 1.82) is 0 Å². The molecule has 0 aliphatic heterocycles. The fourth-order valence-corrected chi connectivity index (χ4v) is 2.64. The van der Waals surface area contributed by atoms with Crippen LogP contribution in [0.5, 0.6) is 0 Å². The molecule has 0 atom stereocenters. The number of para-hydroxylation sites is 1. The Morgan fingerprint density at radius 1 is 0.826 bits per heavy atom. The van der Waals surface area contributed by atoms with Gasteiger partial charge in [-0.3, -0.25) is 9.59 Å². The number of benzene rings is 2. The summed E-state index contributed by atoms with van der Waals surface area (Å²) in [6.07, 6.45) is 0. The lowest BCUT2D eigenvalue weighted by atomic mass is 10.3. The minimum Gasteiger partial charge on any atom is -0.325 e. The zero-order chi connectivity index (χ0) is 16.7. The van der Waals surface area contributed by atoms with Crippen molar-refractivity contribution >= 4 is 58.2 Å². The van der Waals surface area contributed by atoms with Gasteiger partial charge in [-0.1, -0.05) is 41.4 Å². The van der Waals surface area contributed by atoms with E-state index in [1.54, 1.807) is 30.3 Å². The molecule has 2 amide bonds. The zero-order valence-electron chi connectivity index (χ0n) is 12.0. The van der Waals surface area contributed by atoms with Crippen molar-refractivity contribution < 1.29 is 9.59 Å². The molecule has 0 bridgehead atoms. The highest BCUT2D eigenvalue weighted by Gasteiger charge is 2.07. The third-order valence-electron chi connectivity index (χ3n) is 2.73. The van der Waals surface area contributed by atoms with Crippen molar-refractivity contribution in [2.24, 2.45) is 0 Å². The second kappa shape index (κ2) is 8.82. The van der Waals surface area contributed by atoms with Crippen LogP contribution in [-0.4, -0.2) is 23.3 Å². The highest BCUT2D eigenvalue weighted by Crippen LogP contribution is 2.25. The molecule has 0 aliphatic carbocycles. The molecule has 2 N–H and O–H groups in total. The maximum Gasteiger partial charge on any atom is 0.234 e. The van der Waals surface area contributed by atoms with Gasteiger partial charge < -0.3 is 10.6 Å². The SMILES string of the molecule is O=C(CSCC(=O)Nc1ccc(Cl)c(Cl)c1)Nc1ccccc1. The smallest absolute Gasteiger partial charge is 0.234 e. The first kappa shape index (κ1) is 17.7. The van der Waals surface area contributed by atoms with Crippen molar-refractivity contribution in [1.82, 2.24) is 0 Å². The maximum atomic E-state index is 11.8. The average molecular weight is 369 g/mol. The van der Waals surface area contributed by atoms with Crippen LogP contribution in [0.25, 0.3) is 0 Å². The normalized spacial score (nSPS) is 10.2. The summed E-state index contributed by atoms with van der Waals surface area (Å²) in [5.41, 5.74) is 1.30. The van der Waals surface area contributed by atoms with Crippen molar-refractivity contribution in [3.63, 3.8) is 0 Å². The second-order valence-electron chi connectivity index (χ2n) is 4.58. The number of rotatable bonds is 6. The first-order chi connectivity index (χ1) is 11.0. The van der Waals surface area contributed by atoms with E-state index >= 15 is 0 Å². The van der Waals surface area contributed by atoms with Crippen LogP contribution < -0.4 is 10.6 Å². The lowest BCUT2D eigenvalue weighted by molar-refractivity contribution is -0.114. The largest absolute Gasteiger partial charge is 0.325 e. The van der Waals surface area contributed by atoms with Gasteiger partial charge in [-0.05, 0) is 30.3 Å². The second-order valence-corrected chi connectivity index (χ2v) is 6.38. The van der Waals surface area contributed by atoms with E-state index in [9.17, 15) is 9.59 Å². The molecule has 4 nitrogen and oxygen atoms in total. The van der Waals surface area contributed by atoms with Crippen LogP contribution in [0, 0.1) is 0 Å². The van der Waals surface area contributed by atoms with Crippen LogP contribution in [-0.2, 0) is 9.59 Å². The Morgan fingerprint density at radius 3 is 2.04 bits per heavy atom. The maximum absolute atomic E-state index is 11.8. The van der Waals surface area contributed by atoms with Gasteiger partial charge >= 0.3 is 0 Å². The first-order valence-electron chi connectivity index (χ1n) is 6.72. The summed E-state index contributed by atoms with van der Waals surface area (Å²) in [6, 6.07) is 14.0. The van der Waals surface area contributed by atoms with Gasteiger partial charge in [0.2, 0.25) is 11.8 Å². The Morgan fingerprint density at radius 2 is 1.43 bits per heavy atom. The molecule has 0 aliphatic rings. The summed E-state index contributed by atoms with van der Waals surface area (Å²) in [5.74, 6) is 0.0102. The number of carbonyl (C=O) groups is 2. The molecule has 0 fully saturated rings. The van der Waals surface area contributed by atoms with Crippen molar-refractivity contribution in [2.75, 3.05) is 22.1 Å². The van der Waals surface area contributed by atoms with E-state index in [-0.39, 0.29) is 23.3 Å². The molecule has 2 aromatic carbocycles. The monoisotopic (exact) mass is 368 g/mol. The quantitative estimate of drug-likeness (QED) is 0.798. The lowest BCUT2D eigenvalue weighted by Crippen LogP contribution is -2.18. The topological polar surface area (TPSA) is 58.2 Å². The van der Waals surface area contributed by atoms with Gasteiger partial charge in [-0.2, -0.15) is 0 Å².